The largest absolute Gasteiger partial charge is 0.339 e. The van der Waals surface area contributed by atoms with Crippen molar-refractivity contribution < 1.29 is 17.6 Å². The first-order valence-electron chi connectivity index (χ1n) is 6.97. The van der Waals surface area contributed by atoms with E-state index in [-0.39, 0.29) is 18.1 Å². The molecule has 0 radical (unpaired) electrons. The topological polar surface area (TPSA) is 60.9 Å². The molecule has 0 aromatic heterocycles. The van der Waals surface area contributed by atoms with Crippen LogP contribution in [0, 0.1) is 5.82 Å². The Labute approximate surface area is 130 Å². The minimum absolute atomic E-state index is 0.247. The molecule has 122 valence electrons. The number of carbonyl (C=O) groups excluding carboxylic acids is 1. The van der Waals surface area contributed by atoms with Gasteiger partial charge in [-0.3, -0.25) is 9.10 Å². The van der Waals surface area contributed by atoms with Crippen molar-refractivity contribution in [1.29, 1.82) is 0 Å². The quantitative estimate of drug-likeness (QED) is 0.801. The van der Waals surface area contributed by atoms with Crippen molar-refractivity contribution in [2.45, 2.75) is 0 Å². The van der Waals surface area contributed by atoms with E-state index in [4.69, 9.17) is 0 Å². The van der Waals surface area contributed by atoms with Gasteiger partial charge >= 0.3 is 0 Å². The number of anilines is 1. The minimum Gasteiger partial charge on any atom is -0.339 e. The summed E-state index contributed by atoms with van der Waals surface area (Å²) in [5.74, 6) is -0.703. The fourth-order valence-corrected chi connectivity index (χ4v) is 3.14. The van der Waals surface area contributed by atoms with Gasteiger partial charge in [0.05, 0.1) is 11.9 Å². The van der Waals surface area contributed by atoms with Crippen LogP contribution in [0.15, 0.2) is 24.3 Å². The molecule has 0 saturated carbocycles. The van der Waals surface area contributed by atoms with Gasteiger partial charge < -0.3 is 9.80 Å². The summed E-state index contributed by atoms with van der Waals surface area (Å²) in [7, 11) is -1.65. The number of sulfonamides is 1. The fourth-order valence-electron chi connectivity index (χ4n) is 2.29. The highest BCUT2D eigenvalue weighted by Crippen LogP contribution is 2.18. The smallest absolute Gasteiger partial charge is 0.243 e. The Hall–Kier alpha value is -1.67. The average molecular weight is 329 g/mol. The molecule has 0 atom stereocenters. The standard InChI is InChI=1S/C14H20FN3O3S/c1-16-7-9-17(10-8-16)14(19)11-18(22(2,20)21)13-5-3-12(15)4-6-13/h3-6H,7-11H2,1-2H3. The van der Waals surface area contributed by atoms with Gasteiger partial charge in [-0.15, -0.1) is 0 Å². The third-order valence-corrected chi connectivity index (χ3v) is 4.79. The maximum atomic E-state index is 13.0. The van der Waals surface area contributed by atoms with E-state index in [2.05, 4.69) is 4.90 Å². The van der Waals surface area contributed by atoms with Gasteiger partial charge in [0.25, 0.3) is 0 Å². The third kappa shape index (κ3) is 4.17. The molecule has 0 aliphatic carbocycles. The number of benzene rings is 1. The molecular formula is C14H20FN3O3S. The van der Waals surface area contributed by atoms with Crippen LogP contribution < -0.4 is 4.31 Å². The van der Waals surface area contributed by atoms with Gasteiger partial charge in [-0.1, -0.05) is 0 Å². The van der Waals surface area contributed by atoms with Crippen molar-refractivity contribution in [3.8, 4) is 0 Å². The van der Waals surface area contributed by atoms with Crippen LogP contribution in [0.2, 0.25) is 0 Å². The van der Waals surface area contributed by atoms with Crippen molar-refractivity contribution in [3.63, 3.8) is 0 Å². The van der Waals surface area contributed by atoms with Gasteiger partial charge in [0.1, 0.15) is 12.4 Å². The van der Waals surface area contributed by atoms with E-state index < -0.39 is 15.8 Å². The lowest BCUT2D eigenvalue weighted by atomic mass is 10.3. The van der Waals surface area contributed by atoms with Crippen molar-refractivity contribution in [2.24, 2.45) is 0 Å². The molecule has 1 amide bonds. The minimum atomic E-state index is -3.62. The number of rotatable bonds is 4. The first-order valence-corrected chi connectivity index (χ1v) is 8.82. The normalized spacial score (nSPS) is 16.6. The Morgan fingerprint density at radius 1 is 1.18 bits per heavy atom. The SMILES string of the molecule is CN1CCN(C(=O)CN(c2ccc(F)cc2)S(C)(=O)=O)CC1. The number of hydrogen-bond acceptors (Lipinski definition) is 4. The molecule has 0 N–H and O–H groups in total. The summed E-state index contributed by atoms with van der Waals surface area (Å²) in [6.45, 7) is 2.42. The number of amides is 1. The summed E-state index contributed by atoms with van der Waals surface area (Å²) in [6, 6.07) is 5.06. The predicted octanol–water partition coefficient (Wildman–Crippen LogP) is 0.366. The van der Waals surface area contributed by atoms with Crippen LogP contribution in [-0.2, 0) is 14.8 Å². The zero-order valence-corrected chi connectivity index (χ0v) is 13.5. The molecule has 0 bridgehead atoms. The number of hydrogen-bond donors (Lipinski definition) is 0. The number of carbonyl (C=O) groups is 1. The maximum Gasteiger partial charge on any atom is 0.243 e. The van der Waals surface area contributed by atoms with Crippen molar-refractivity contribution >= 4 is 21.6 Å². The van der Waals surface area contributed by atoms with Crippen LogP contribution in [0.1, 0.15) is 0 Å². The lowest BCUT2D eigenvalue weighted by Gasteiger charge is -2.34. The van der Waals surface area contributed by atoms with Gasteiger partial charge in [0.15, 0.2) is 0 Å². The molecule has 1 aromatic rings. The van der Waals surface area contributed by atoms with Crippen molar-refractivity contribution in [1.82, 2.24) is 9.80 Å². The summed E-state index contributed by atoms with van der Waals surface area (Å²) in [6.07, 6.45) is 1.04. The van der Waals surface area contributed by atoms with Gasteiger partial charge in [-0.05, 0) is 31.3 Å². The summed E-state index contributed by atoms with van der Waals surface area (Å²) >= 11 is 0. The molecule has 6 nitrogen and oxygen atoms in total. The van der Waals surface area contributed by atoms with Gasteiger partial charge in [0, 0.05) is 26.2 Å². The van der Waals surface area contributed by atoms with E-state index in [9.17, 15) is 17.6 Å². The number of piperazine rings is 1. The average Bonchev–Trinajstić information content (AvgIpc) is 2.45. The monoisotopic (exact) mass is 329 g/mol. The molecule has 1 aromatic carbocycles. The highest BCUT2D eigenvalue weighted by Gasteiger charge is 2.25. The second-order valence-electron chi connectivity index (χ2n) is 5.43. The lowest BCUT2D eigenvalue weighted by molar-refractivity contribution is -0.131. The van der Waals surface area contributed by atoms with E-state index in [1.54, 1.807) is 4.90 Å². The fraction of sp³-hybridized carbons (Fsp3) is 0.500. The third-order valence-electron chi connectivity index (χ3n) is 3.65. The predicted molar refractivity (Wildman–Crippen MR) is 82.7 cm³/mol. The summed E-state index contributed by atoms with van der Waals surface area (Å²) in [5, 5.41) is 0. The van der Waals surface area contributed by atoms with Crippen LogP contribution in [-0.4, -0.2) is 70.2 Å². The second kappa shape index (κ2) is 6.62. The van der Waals surface area contributed by atoms with E-state index >= 15 is 0 Å². The van der Waals surface area contributed by atoms with Crippen molar-refractivity contribution in [3.05, 3.63) is 30.1 Å². The number of nitrogens with zero attached hydrogens (tertiary/aromatic N) is 3. The Morgan fingerprint density at radius 3 is 2.23 bits per heavy atom. The Morgan fingerprint density at radius 2 is 1.73 bits per heavy atom. The highest BCUT2D eigenvalue weighted by molar-refractivity contribution is 7.92. The van der Waals surface area contributed by atoms with Crippen LogP contribution in [0.5, 0.6) is 0 Å². The molecule has 1 heterocycles. The Kier molecular flexibility index (Phi) is 5.02. The van der Waals surface area contributed by atoms with E-state index in [1.807, 2.05) is 7.05 Å². The Bertz CT molecular complexity index is 625. The van der Waals surface area contributed by atoms with Crippen LogP contribution in [0.4, 0.5) is 10.1 Å². The van der Waals surface area contributed by atoms with Gasteiger partial charge in [-0.25, -0.2) is 12.8 Å². The lowest BCUT2D eigenvalue weighted by Crippen LogP contribution is -2.50. The zero-order valence-electron chi connectivity index (χ0n) is 12.7. The molecule has 8 heteroatoms. The molecule has 1 fully saturated rings. The first-order chi connectivity index (χ1) is 10.3. The molecule has 22 heavy (non-hydrogen) atoms. The zero-order chi connectivity index (χ0) is 16.3. The Balaban J connectivity index is 2.14. The van der Waals surface area contributed by atoms with Gasteiger partial charge in [-0.2, -0.15) is 0 Å². The van der Waals surface area contributed by atoms with E-state index in [0.717, 1.165) is 23.7 Å². The number of halogens is 1. The second-order valence-corrected chi connectivity index (χ2v) is 7.34. The van der Waals surface area contributed by atoms with Gasteiger partial charge in [0.2, 0.25) is 15.9 Å². The van der Waals surface area contributed by atoms with E-state index in [0.29, 0.717) is 13.1 Å². The van der Waals surface area contributed by atoms with Crippen molar-refractivity contribution in [2.75, 3.05) is 50.3 Å². The highest BCUT2D eigenvalue weighted by atomic mass is 32.2. The molecule has 0 spiro atoms. The van der Waals surface area contributed by atoms with Crippen LogP contribution in [0.25, 0.3) is 0 Å². The number of likely N-dealkylation sites (N-methyl/N-ethyl adjacent to an activating group) is 1. The molecule has 0 unspecified atom stereocenters. The van der Waals surface area contributed by atoms with Crippen LogP contribution >= 0.6 is 0 Å². The molecular weight excluding hydrogens is 309 g/mol. The first kappa shape index (κ1) is 16.7. The van der Waals surface area contributed by atoms with E-state index in [1.165, 1.54) is 24.3 Å². The van der Waals surface area contributed by atoms with Crippen LogP contribution in [0.3, 0.4) is 0 Å². The summed E-state index contributed by atoms with van der Waals surface area (Å²) < 4.78 is 37.9. The summed E-state index contributed by atoms with van der Waals surface area (Å²) in [5.41, 5.74) is 0.284. The molecule has 1 saturated heterocycles. The molecule has 1 aliphatic heterocycles. The summed E-state index contributed by atoms with van der Waals surface area (Å²) in [4.78, 5) is 16.1. The molecule has 2 rings (SSSR count). The maximum absolute atomic E-state index is 13.0. The molecule has 1 aliphatic rings.